The number of carbonyl (C=O) groups is 1. The number of likely N-dealkylation sites (tertiary alicyclic amines) is 1. The maximum atomic E-state index is 11.2. The van der Waals surface area contributed by atoms with Crippen LogP contribution in [0.25, 0.3) is 0 Å². The molecule has 4 N–H and O–H groups in total. The van der Waals surface area contributed by atoms with Gasteiger partial charge in [0.1, 0.15) is 0 Å². The summed E-state index contributed by atoms with van der Waals surface area (Å²) in [6.07, 6.45) is 1.73. The summed E-state index contributed by atoms with van der Waals surface area (Å²) < 4.78 is 0. The molecule has 2 rings (SSSR count). The monoisotopic (exact) mass is 366 g/mol. The number of hydrogen-bond acceptors (Lipinski definition) is 3. The number of halogens is 1. The molecule has 0 aromatic heterocycles. The van der Waals surface area contributed by atoms with Crippen LogP contribution in [-0.2, 0) is 4.79 Å². The third-order valence-corrected chi connectivity index (χ3v) is 4.56. The highest BCUT2D eigenvalue weighted by Gasteiger charge is 2.23. The molecule has 1 aliphatic rings. The minimum Gasteiger partial charge on any atom is -0.386 e. The Morgan fingerprint density at radius 3 is 2.84 bits per heavy atom. The van der Waals surface area contributed by atoms with E-state index in [1.54, 1.807) is 24.3 Å². The zero-order chi connectivity index (χ0) is 18.2. The van der Waals surface area contributed by atoms with Crippen molar-refractivity contribution in [1.29, 1.82) is 0 Å². The van der Waals surface area contributed by atoms with Crippen LogP contribution in [0.15, 0.2) is 29.3 Å². The summed E-state index contributed by atoms with van der Waals surface area (Å²) in [5, 5.41) is 14.3. The molecule has 0 saturated carbocycles. The maximum Gasteiger partial charge on any atom is 0.217 e. The molecule has 0 bridgehead atoms. The third kappa shape index (κ3) is 6.21. The number of hydrogen-bond donors (Lipinski definition) is 3. The Morgan fingerprint density at radius 2 is 2.20 bits per heavy atom. The highest BCUT2D eigenvalue weighted by atomic mass is 35.5. The van der Waals surface area contributed by atoms with E-state index in [1.165, 1.54) is 0 Å². The van der Waals surface area contributed by atoms with Crippen LogP contribution in [0.1, 0.15) is 37.9 Å². The predicted molar refractivity (Wildman–Crippen MR) is 100 cm³/mol. The van der Waals surface area contributed by atoms with E-state index < -0.39 is 6.10 Å². The van der Waals surface area contributed by atoms with E-state index in [9.17, 15) is 9.90 Å². The highest BCUT2D eigenvalue weighted by Crippen LogP contribution is 2.20. The molecule has 1 aliphatic heterocycles. The normalized spacial score (nSPS) is 19.6. The van der Waals surface area contributed by atoms with Gasteiger partial charge in [-0.15, -0.1) is 0 Å². The molecule has 2 unspecified atom stereocenters. The van der Waals surface area contributed by atoms with Gasteiger partial charge in [-0.1, -0.05) is 23.7 Å². The zero-order valence-electron chi connectivity index (χ0n) is 14.6. The summed E-state index contributed by atoms with van der Waals surface area (Å²) in [5.74, 6) is 0.771. The van der Waals surface area contributed by atoms with Crippen LogP contribution in [0.5, 0.6) is 0 Å². The van der Waals surface area contributed by atoms with E-state index in [0.29, 0.717) is 11.4 Å². The average Bonchev–Trinajstić information content (AvgIpc) is 2.58. The lowest BCUT2D eigenvalue weighted by molar-refractivity contribution is -0.119. The average molecular weight is 367 g/mol. The molecule has 0 radical (unpaired) electrons. The van der Waals surface area contributed by atoms with Crippen molar-refractivity contribution in [3.8, 4) is 0 Å². The molecule has 1 saturated heterocycles. The van der Waals surface area contributed by atoms with Gasteiger partial charge in [-0.3, -0.25) is 9.79 Å². The number of aliphatic hydroxyl groups is 1. The van der Waals surface area contributed by atoms with E-state index >= 15 is 0 Å². The van der Waals surface area contributed by atoms with Crippen molar-refractivity contribution >= 4 is 23.5 Å². The molecule has 7 heteroatoms. The van der Waals surface area contributed by atoms with Gasteiger partial charge < -0.3 is 21.1 Å². The van der Waals surface area contributed by atoms with Gasteiger partial charge in [-0.2, -0.15) is 0 Å². The molecule has 6 nitrogen and oxygen atoms in total. The number of nitrogens with zero attached hydrogens (tertiary/aromatic N) is 2. The van der Waals surface area contributed by atoms with Gasteiger partial charge in [0.05, 0.1) is 12.6 Å². The Labute approximate surface area is 154 Å². The molecule has 1 aromatic carbocycles. The highest BCUT2D eigenvalue weighted by molar-refractivity contribution is 6.30. The van der Waals surface area contributed by atoms with E-state index in [-0.39, 0.29) is 18.4 Å². The Bertz CT molecular complexity index is 591. The van der Waals surface area contributed by atoms with Gasteiger partial charge in [0.2, 0.25) is 5.91 Å². The summed E-state index contributed by atoms with van der Waals surface area (Å²) in [6.45, 7) is 4.66. The quantitative estimate of drug-likeness (QED) is 0.530. The van der Waals surface area contributed by atoms with Gasteiger partial charge in [-0.05, 0) is 43.4 Å². The first-order chi connectivity index (χ1) is 12.0. The van der Waals surface area contributed by atoms with Crippen molar-refractivity contribution in [2.75, 3.05) is 26.2 Å². The molecule has 1 fully saturated rings. The number of piperidine rings is 1. The number of amides is 1. The van der Waals surface area contributed by atoms with Crippen LogP contribution in [0.3, 0.4) is 0 Å². The molecule has 1 aromatic rings. The molecule has 2 atom stereocenters. The van der Waals surface area contributed by atoms with Crippen molar-refractivity contribution in [1.82, 2.24) is 10.2 Å². The van der Waals surface area contributed by atoms with Gasteiger partial charge in [0.25, 0.3) is 0 Å². The Kier molecular flexibility index (Phi) is 7.52. The molecule has 0 spiro atoms. The first-order valence-electron chi connectivity index (χ1n) is 8.74. The molecule has 1 heterocycles. The maximum absolute atomic E-state index is 11.2. The van der Waals surface area contributed by atoms with E-state index in [0.717, 1.165) is 44.0 Å². The van der Waals surface area contributed by atoms with Gasteiger partial charge in [-0.25, -0.2) is 0 Å². The van der Waals surface area contributed by atoms with Gasteiger partial charge in [0, 0.05) is 31.1 Å². The van der Waals surface area contributed by atoms with Crippen LogP contribution in [0.4, 0.5) is 0 Å². The number of guanidine groups is 1. The predicted octanol–water partition coefficient (Wildman–Crippen LogP) is 1.93. The summed E-state index contributed by atoms with van der Waals surface area (Å²) >= 11 is 5.88. The fourth-order valence-electron chi connectivity index (χ4n) is 3.10. The standard InChI is InChI=1S/C18H27ClN4O2/c1-2-21-18(23-9-3-4-13(12-23)10-17(20)25)22-11-16(24)14-5-7-15(19)8-6-14/h5-8,13,16,24H,2-4,9-12H2,1H3,(H2,20,25)(H,21,22). The van der Waals surface area contributed by atoms with Gasteiger partial charge in [0.15, 0.2) is 5.96 Å². The van der Waals surface area contributed by atoms with E-state index in [4.69, 9.17) is 17.3 Å². The number of nitrogens with one attached hydrogen (secondary N) is 1. The third-order valence-electron chi connectivity index (χ3n) is 4.31. The SMILES string of the molecule is CCNC(=NCC(O)c1ccc(Cl)cc1)N1CCCC(CC(N)=O)C1. The number of rotatable bonds is 6. The number of nitrogens with two attached hydrogens (primary N) is 1. The zero-order valence-corrected chi connectivity index (χ0v) is 15.4. The molecule has 0 aliphatic carbocycles. The number of primary amides is 1. The largest absolute Gasteiger partial charge is 0.386 e. The molecule has 25 heavy (non-hydrogen) atoms. The summed E-state index contributed by atoms with van der Waals surface area (Å²) in [4.78, 5) is 17.9. The second-order valence-electron chi connectivity index (χ2n) is 6.39. The van der Waals surface area contributed by atoms with E-state index in [1.807, 2.05) is 6.92 Å². The number of aliphatic hydroxyl groups excluding tert-OH is 1. The Hall–Kier alpha value is -1.79. The lowest BCUT2D eigenvalue weighted by Gasteiger charge is -2.34. The first kappa shape index (κ1) is 19.5. The first-order valence-corrected chi connectivity index (χ1v) is 9.12. The van der Waals surface area contributed by atoms with Crippen molar-refractivity contribution in [2.24, 2.45) is 16.6 Å². The van der Waals surface area contributed by atoms with Crippen LogP contribution >= 0.6 is 11.6 Å². The Balaban J connectivity index is 2.01. The fraction of sp³-hybridized carbons (Fsp3) is 0.556. The minimum absolute atomic E-state index is 0.257. The fourth-order valence-corrected chi connectivity index (χ4v) is 3.22. The van der Waals surface area contributed by atoms with Crippen molar-refractivity contribution in [3.63, 3.8) is 0 Å². The minimum atomic E-state index is -0.683. The lowest BCUT2D eigenvalue weighted by Crippen LogP contribution is -2.47. The van der Waals surface area contributed by atoms with Crippen LogP contribution in [-0.4, -0.2) is 48.1 Å². The molecular formula is C18H27ClN4O2. The molecule has 138 valence electrons. The summed E-state index contributed by atoms with van der Waals surface area (Å²) in [7, 11) is 0. The number of carbonyl (C=O) groups excluding carboxylic acids is 1. The smallest absolute Gasteiger partial charge is 0.217 e. The molecule has 1 amide bonds. The second kappa shape index (κ2) is 9.63. The van der Waals surface area contributed by atoms with Crippen molar-refractivity contribution in [3.05, 3.63) is 34.9 Å². The Morgan fingerprint density at radius 1 is 1.48 bits per heavy atom. The summed E-state index contributed by atoms with van der Waals surface area (Å²) in [6, 6.07) is 7.13. The topological polar surface area (TPSA) is 91.0 Å². The summed E-state index contributed by atoms with van der Waals surface area (Å²) in [5.41, 5.74) is 6.12. The van der Waals surface area contributed by atoms with Crippen molar-refractivity contribution in [2.45, 2.75) is 32.3 Å². The van der Waals surface area contributed by atoms with Crippen molar-refractivity contribution < 1.29 is 9.90 Å². The van der Waals surface area contributed by atoms with Gasteiger partial charge >= 0.3 is 0 Å². The molecular weight excluding hydrogens is 340 g/mol. The number of aliphatic imine (C=N–C) groups is 1. The second-order valence-corrected chi connectivity index (χ2v) is 6.82. The van der Waals surface area contributed by atoms with Crippen LogP contribution in [0, 0.1) is 5.92 Å². The lowest BCUT2D eigenvalue weighted by atomic mass is 9.95. The van der Waals surface area contributed by atoms with Crippen LogP contribution < -0.4 is 11.1 Å². The number of benzene rings is 1. The van der Waals surface area contributed by atoms with Crippen LogP contribution in [0.2, 0.25) is 5.02 Å². The van der Waals surface area contributed by atoms with E-state index in [2.05, 4.69) is 15.2 Å².